The summed E-state index contributed by atoms with van der Waals surface area (Å²) in [6.07, 6.45) is 1.01. The molecule has 138 valence electrons. The van der Waals surface area contributed by atoms with Crippen molar-refractivity contribution in [3.63, 3.8) is 0 Å². The van der Waals surface area contributed by atoms with Gasteiger partial charge in [-0.05, 0) is 43.3 Å². The molecule has 3 heterocycles. The second-order valence-electron chi connectivity index (χ2n) is 7.15. The van der Waals surface area contributed by atoms with E-state index < -0.39 is 0 Å². The minimum absolute atomic E-state index is 0.00753. The number of hydrogen-bond donors (Lipinski definition) is 2. The summed E-state index contributed by atoms with van der Waals surface area (Å²) >= 11 is 1.71. The third-order valence-electron chi connectivity index (χ3n) is 5.24. The van der Waals surface area contributed by atoms with Crippen LogP contribution in [0.3, 0.4) is 0 Å². The fourth-order valence-corrected chi connectivity index (χ4v) is 5.08. The number of anilines is 2. The average Bonchev–Trinajstić information content (AvgIpc) is 2.99. The lowest BCUT2D eigenvalue weighted by Crippen LogP contribution is -2.44. The summed E-state index contributed by atoms with van der Waals surface area (Å²) in [5, 5.41) is 7.46. The lowest BCUT2D eigenvalue weighted by Gasteiger charge is -2.34. The van der Waals surface area contributed by atoms with Crippen LogP contribution in [0.1, 0.15) is 17.4 Å². The zero-order valence-electron chi connectivity index (χ0n) is 15.5. The van der Waals surface area contributed by atoms with E-state index in [9.17, 15) is 4.79 Å². The van der Waals surface area contributed by atoms with Crippen molar-refractivity contribution in [1.82, 2.24) is 10.2 Å². The van der Waals surface area contributed by atoms with Crippen LogP contribution < -0.4 is 15.5 Å². The fraction of sp³-hybridized carbons (Fsp3) is 0.450. The molecule has 5 nitrogen and oxygen atoms in total. The van der Waals surface area contributed by atoms with Crippen LogP contribution in [0.5, 0.6) is 0 Å². The first kappa shape index (κ1) is 17.5. The molecule has 1 aromatic heterocycles. The molecule has 0 aliphatic carbocycles. The van der Waals surface area contributed by atoms with Gasteiger partial charge in [0.15, 0.2) is 0 Å². The number of piperazine rings is 1. The lowest BCUT2D eigenvalue weighted by molar-refractivity contribution is -0.114. The zero-order chi connectivity index (χ0) is 18.1. The van der Waals surface area contributed by atoms with Crippen LogP contribution >= 0.6 is 11.3 Å². The van der Waals surface area contributed by atoms with E-state index in [0.29, 0.717) is 0 Å². The maximum Gasteiger partial charge on any atom is 0.221 e. The maximum absolute atomic E-state index is 11.7. The molecular weight excluding hydrogens is 344 g/mol. The predicted octanol–water partition coefficient (Wildman–Crippen LogP) is 2.77. The topological polar surface area (TPSA) is 47.6 Å². The SMILES string of the molecule is CC(=O)Nc1sc2c(c1-c1ccc(N3CCN(C)CC3)cc1)CCNC2. The van der Waals surface area contributed by atoms with Crippen molar-refractivity contribution in [2.45, 2.75) is 19.9 Å². The van der Waals surface area contributed by atoms with Gasteiger partial charge in [-0.15, -0.1) is 11.3 Å². The molecule has 0 spiro atoms. The van der Waals surface area contributed by atoms with E-state index in [1.807, 2.05) is 0 Å². The van der Waals surface area contributed by atoms with E-state index >= 15 is 0 Å². The summed E-state index contributed by atoms with van der Waals surface area (Å²) < 4.78 is 0. The Bertz CT molecular complexity index is 791. The highest BCUT2D eigenvalue weighted by Gasteiger charge is 2.22. The number of benzene rings is 1. The zero-order valence-corrected chi connectivity index (χ0v) is 16.3. The van der Waals surface area contributed by atoms with E-state index in [4.69, 9.17) is 0 Å². The molecule has 0 bridgehead atoms. The standard InChI is InChI=1S/C20H26N4OS/c1-14(25)22-20-19(17-7-8-21-13-18(17)26-20)15-3-5-16(6-4-15)24-11-9-23(2)10-12-24/h3-6,21H,7-13H2,1-2H3,(H,22,25). The predicted molar refractivity (Wildman–Crippen MR) is 109 cm³/mol. The molecule has 0 radical (unpaired) electrons. The van der Waals surface area contributed by atoms with Crippen molar-refractivity contribution >= 4 is 27.9 Å². The summed E-state index contributed by atoms with van der Waals surface area (Å²) in [6.45, 7) is 7.84. The molecule has 1 aromatic carbocycles. The summed E-state index contributed by atoms with van der Waals surface area (Å²) in [5.74, 6) is -0.00753. The summed E-state index contributed by atoms with van der Waals surface area (Å²) in [7, 11) is 2.18. The van der Waals surface area contributed by atoms with Crippen LogP contribution in [0, 0.1) is 0 Å². The molecule has 0 unspecified atom stereocenters. The van der Waals surface area contributed by atoms with Crippen LogP contribution in [0.15, 0.2) is 24.3 Å². The Kier molecular flexibility index (Phi) is 4.98. The number of likely N-dealkylation sites (N-methyl/N-ethyl adjacent to an activating group) is 1. The first-order valence-corrected chi connectivity index (χ1v) is 10.1. The Morgan fingerprint density at radius 1 is 1.15 bits per heavy atom. The van der Waals surface area contributed by atoms with E-state index in [1.165, 1.54) is 27.3 Å². The molecule has 6 heteroatoms. The van der Waals surface area contributed by atoms with Gasteiger partial charge >= 0.3 is 0 Å². The molecule has 1 saturated heterocycles. The molecule has 0 saturated carbocycles. The number of carbonyl (C=O) groups excluding carboxylic acids is 1. The minimum atomic E-state index is -0.00753. The number of thiophene rings is 1. The Morgan fingerprint density at radius 3 is 2.58 bits per heavy atom. The summed E-state index contributed by atoms with van der Waals surface area (Å²) in [5.41, 5.74) is 5.09. The Labute approximate surface area is 159 Å². The summed E-state index contributed by atoms with van der Waals surface area (Å²) in [4.78, 5) is 17.8. The van der Waals surface area contributed by atoms with Crippen LogP contribution in [0.2, 0.25) is 0 Å². The molecule has 26 heavy (non-hydrogen) atoms. The molecule has 1 fully saturated rings. The number of carbonyl (C=O) groups is 1. The monoisotopic (exact) mass is 370 g/mol. The van der Waals surface area contributed by atoms with Gasteiger partial charge in [0.1, 0.15) is 5.00 Å². The van der Waals surface area contributed by atoms with Gasteiger partial charge < -0.3 is 20.4 Å². The minimum Gasteiger partial charge on any atom is -0.369 e. The highest BCUT2D eigenvalue weighted by Crippen LogP contribution is 2.42. The van der Waals surface area contributed by atoms with Gasteiger partial charge in [0.2, 0.25) is 5.91 Å². The second kappa shape index (κ2) is 7.39. The van der Waals surface area contributed by atoms with Crippen LogP contribution in [-0.4, -0.2) is 50.6 Å². The fourth-order valence-electron chi connectivity index (χ4n) is 3.79. The van der Waals surface area contributed by atoms with Gasteiger partial charge in [-0.2, -0.15) is 0 Å². The molecule has 4 rings (SSSR count). The third kappa shape index (κ3) is 3.49. The second-order valence-corrected chi connectivity index (χ2v) is 8.26. The van der Waals surface area contributed by atoms with Gasteiger partial charge in [-0.1, -0.05) is 12.1 Å². The number of nitrogens with one attached hydrogen (secondary N) is 2. The van der Waals surface area contributed by atoms with Gasteiger partial charge in [0.25, 0.3) is 0 Å². The first-order chi connectivity index (χ1) is 12.6. The quantitative estimate of drug-likeness (QED) is 0.872. The maximum atomic E-state index is 11.7. The highest BCUT2D eigenvalue weighted by atomic mass is 32.1. The molecule has 2 aliphatic rings. The molecule has 2 aromatic rings. The number of nitrogens with zero attached hydrogens (tertiary/aromatic N) is 2. The van der Waals surface area contributed by atoms with Crippen molar-refractivity contribution in [1.29, 1.82) is 0 Å². The van der Waals surface area contributed by atoms with E-state index in [0.717, 1.165) is 50.7 Å². The molecule has 2 aliphatic heterocycles. The normalized spacial score (nSPS) is 17.8. The summed E-state index contributed by atoms with van der Waals surface area (Å²) in [6, 6.07) is 8.87. The van der Waals surface area contributed by atoms with E-state index in [2.05, 4.69) is 51.7 Å². The largest absolute Gasteiger partial charge is 0.369 e. The van der Waals surface area contributed by atoms with Gasteiger partial charge in [0.05, 0.1) is 0 Å². The van der Waals surface area contributed by atoms with Gasteiger partial charge in [0, 0.05) is 55.8 Å². The first-order valence-electron chi connectivity index (χ1n) is 9.28. The van der Waals surface area contributed by atoms with Crippen molar-refractivity contribution in [3.8, 4) is 11.1 Å². The highest BCUT2D eigenvalue weighted by molar-refractivity contribution is 7.17. The van der Waals surface area contributed by atoms with E-state index in [-0.39, 0.29) is 5.91 Å². The Hall–Kier alpha value is -1.89. The van der Waals surface area contributed by atoms with Crippen molar-refractivity contribution in [2.24, 2.45) is 0 Å². The van der Waals surface area contributed by atoms with Gasteiger partial charge in [-0.25, -0.2) is 0 Å². The molecular formula is C20H26N4OS. The van der Waals surface area contributed by atoms with Crippen LogP contribution in [0.25, 0.3) is 11.1 Å². The number of hydrogen-bond acceptors (Lipinski definition) is 5. The van der Waals surface area contributed by atoms with Crippen molar-refractivity contribution in [3.05, 3.63) is 34.7 Å². The smallest absolute Gasteiger partial charge is 0.221 e. The Morgan fingerprint density at radius 2 is 1.88 bits per heavy atom. The molecule has 2 N–H and O–H groups in total. The van der Waals surface area contributed by atoms with Crippen molar-refractivity contribution < 1.29 is 4.79 Å². The van der Waals surface area contributed by atoms with Crippen molar-refractivity contribution in [2.75, 3.05) is 50.0 Å². The lowest BCUT2D eigenvalue weighted by atomic mass is 9.97. The van der Waals surface area contributed by atoms with E-state index in [1.54, 1.807) is 18.3 Å². The van der Waals surface area contributed by atoms with Crippen LogP contribution in [-0.2, 0) is 17.8 Å². The van der Waals surface area contributed by atoms with Gasteiger partial charge in [-0.3, -0.25) is 4.79 Å². The number of amides is 1. The molecule has 1 amide bonds. The molecule has 0 atom stereocenters. The Balaban J connectivity index is 1.64. The third-order valence-corrected chi connectivity index (χ3v) is 6.39. The van der Waals surface area contributed by atoms with Crippen LogP contribution in [0.4, 0.5) is 10.7 Å². The number of rotatable bonds is 3. The number of fused-ring (bicyclic) bond motifs is 1. The average molecular weight is 371 g/mol.